The molecule has 0 radical (unpaired) electrons. The SMILES string of the molecule is COc1cc(OC)c2cc(C(=O)c3ccc[n+](C)c3)c(=O)oc2c1.Cc1ccc(S(=O)(=O)[O-])cc1. The maximum absolute atomic E-state index is 12.6. The lowest BCUT2D eigenvalue weighted by Gasteiger charge is -2.08. The molecule has 0 fully saturated rings. The summed E-state index contributed by atoms with van der Waals surface area (Å²) in [6.45, 7) is 1.82. The second-order valence-corrected chi connectivity index (χ2v) is 8.92. The molecule has 0 amide bonds. The van der Waals surface area contributed by atoms with Crippen molar-refractivity contribution in [1.82, 2.24) is 0 Å². The fourth-order valence-electron chi connectivity index (χ4n) is 3.19. The molecule has 2 heterocycles. The first kappa shape index (κ1) is 25.6. The minimum absolute atomic E-state index is 0.0443. The highest BCUT2D eigenvalue weighted by Gasteiger charge is 2.19. The Hall–Kier alpha value is -4.02. The van der Waals surface area contributed by atoms with Crippen LogP contribution in [0.1, 0.15) is 21.5 Å². The Kier molecular flexibility index (Phi) is 7.68. The number of rotatable bonds is 5. The molecule has 2 aromatic heterocycles. The normalized spacial score (nSPS) is 10.9. The van der Waals surface area contributed by atoms with Crippen LogP contribution in [0, 0.1) is 6.92 Å². The number of fused-ring (bicyclic) bond motifs is 1. The van der Waals surface area contributed by atoms with Crippen molar-refractivity contribution >= 4 is 26.9 Å². The maximum Gasteiger partial charge on any atom is 0.347 e. The number of aromatic nitrogens is 1. The van der Waals surface area contributed by atoms with Gasteiger partial charge in [-0.3, -0.25) is 4.79 Å². The van der Waals surface area contributed by atoms with Crippen LogP contribution < -0.4 is 19.7 Å². The zero-order chi connectivity index (χ0) is 25.8. The predicted molar refractivity (Wildman–Crippen MR) is 126 cm³/mol. The molecule has 0 aliphatic carbocycles. The fourth-order valence-corrected chi connectivity index (χ4v) is 3.66. The molecule has 4 rings (SSSR count). The van der Waals surface area contributed by atoms with Crippen molar-refractivity contribution in [3.8, 4) is 11.5 Å². The summed E-state index contributed by atoms with van der Waals surface area (Å²) in [5.41, 5.74) is 0.884. The van der Waals surface area contributed by atoms with E-state index in [1.54, 1.807) is 60.4 Å². The Balaban J connectivity index is 0.000000261. The number of ether oxygens (including phenoxy) is 2. The Morgan fingerprint density at radius 2 is 1.71 bits per heavy atom. The molecular weight excluding hydrogens is 474 g/mol. The van der Waals surface area contributed by atoms with Crippen LogP contribution >= 0.6 is 0 Å². The van der Waals surface area contributed by atoms with E-state index in [0.717, 1.165) is 5.56 Å². The fraction of sp³-hybridized carbons (Fsp3) is 0.160. The van der Waals surface area contributed by atoms with Crippen LogP contribution in [0.5, 0.6) is 11.5 Å². The zero-order valence-corrected chi connectivity index (χ0v) is 20.3. The molecule has 2 aromatic carbocycles. The van der Waals surface area contributed by atoms with Crippen molar-refractivity contribution in [3.05, 3.63) is 94.1 Å². The van der Waals surface area contributed by atoms with Crippen molar-refractivity contribution in [1.29, 1.82) is 0 Å². The molecule has 4 aromatic rings. The maximum atomic E-state index is 12.6. The van der Waals surface area contributed by atoms with Crippen LogP contribution in [0.3, 0.4) is 0 Å². The largest absolute Gasteiger partial charge is 0.744 e. The quantitative estimate of drug-likeness (QED) is 0.178. The van der Waals surface area contributed by atoms with Gasteiger partial charge in [-0.05, 0) is 31.2 Å². The minimum Gasteiger partial charge on any atom is -0.744 e. The molecule has 0 saturated carbocycles. The van der Waals surface area contributed by atoms with Gasteiger partial charge >= 0.3 is 5.63 Å². The van der Waals surface area contributed by atoms with E-state index >= 15 is 0 Å². The van der Waals surface area contributed by atoms with Crippen LogP contribution in [0.25, 0.3) is 11.0 Å². The molecular formula is C25H23NO8S. The lowest BCUT2D eigenvalue weighted by molar-refractivity contribution is -0.671. The van der Waals surface area contributed by atoms with Gasteiger partial charge in [-0.2, -0.15) is 0 Å². The van der Waals surface area contributed by atoms with Gasteiger partial charge in [0, 0.05) is 18.2 Å². The van der Waals surface area contributed by atoms with Crippen LogP contribution in [0.15, 0.2) is 81.1 Å². The van der Waals surface area contributed by atoms with Gasteiger partial charge in [0.2, 0.25) is 5.78 Å². The van der Waals surface area contributed by atoms with Crippen LogP contribution in [0.2, 0.25) is 0 Å². The van der Waals surface area contributed by atoms with Gasteiger partial charge in [-0.25, -0.2) is 17.8 Å². The average molecular weight is 498 g/mol. The van der Waals surface area contributed by atoms with E-state index in [2.05, 4.69) is 0 Å². The van der Waals surface area contributed by atoms with Gasteiger partial charge in [0.15, 0.2) is 12.4 Å². The summed E-state index contributed by atoms with van der Waals surface area (Å²) in [7, 11) is 0.535. The van der Waals surface area contributed by atoms with Crippen molar-refractivity contribution in [3.63, 3.8) is 0 Å². The van der Waals surface area contributed by atoms with Crippen LogP contribution in [-0.2, 0) is 17.2 Å². The van der Waals surface area contributed by atoms with E-state index in [-0.39, 0.29) is 10.5 Å². The lowest BCUT2D eigenvalue weighted by Crippen LogP contribution is -2.28. The standard InChI is InChI=1S/C18H16NO5.C7H8O3S/c1-19-6-4-5-11(10-19)17(20)14-9-13-15(23-3)7-12(22-2)8-16(13)24-18(14)21;1-6-2-4-7(5-3-6)11(8,9)10/h4-10H,1-3H3;2-5H,1H3,(H,8,9,10)/q+1;/p-1. The molecule has 0 N–H and O–H groups in total. The predicted octanol–water partition coefficient (Wildman–Crippen LogP) is 2.76. The number of hydrogen-bond acceptors (Lipinski definition) is 8. The number of methoxy groups -OCH3 is 2. The second-order valence-electron chi connectivity index (χ2n) is 7.54. The summed E-state index contributed by atoms with van der Waals surface area (Å²) in [6.07, 6.45) is 3.45. The molecule has 0 bridgehead atoms. The van der Waals surface area contributed by atoms with Gasteiger partial charge in [0.25, 0.3) is 0 Å². The third-order valence-corrected chi connectivity index (χ3v) is 5.85. The number of pyridine rings is 1. The third-order valence-electron chi connectivity index (χ3n) is 5.00. The first-order chi connectivity index (χ1) is 16.5. The molecule has 35 heavy (non-hydrogen) atoms. The van der Waals surface area contributed by atoms with Crippen molar-refractivity contribution < 1.29 is 36.2 Å². The van der Waals surface area contributed by atoms with E-state index < -0.39 is 21.5 Å². The minimum atomic E-state index is -4.27. The van der Waals surface area contributed by atoms with Gasteiger partial charge in [0.1, 0.15) is 39.8 Å². The van der Waals surface area contributed by atoms with Gasteiger partial charge < -0.3 is 18.4 Å². The topological polar surface area (TPSA) is 127 Å². The summed E-state index contributed by atoms with van der Waals surface area (Å²) in [6, 6.07) is 13.9. The van der Waals surface area contributed by atoms with Crippen LogP contribution in [0.4, 0.5) is 0 Å². The molecule has 0 saturated heterocycles. The number of benzene rings is 2. The highest BCUT2D eigenvalue weighted by atomic mass is 32.2. The van der Waals surface area contributed by atoms with Gasteiger partial charge in [0.05, 0.1) is 30.1 Å². The Labute approximate surface area is 201 Å². The average Bonchev–Trinajstić information content (AvgIpc) is 2.82. The first-order valence-electron chi connectivity index (χ1n) is 10.3. The summed E-state index contributed by atoms with van der Waals surface area (Å²) < 4.78 is 48.7. The highest BCUT2D eigenvalue weighted by Crippen LogP contribution is 2.31. The number of carbonyl (C=O) groups is 1. The Morgan fingerprint density at radius 3 is 2.29 bits per heavy atom. The van der Waals surface area contributed by atoms with E-state index in [1.807, 2.05) is 6.92 Å². The zero-order valence-electron chi connectivity index (χ0n) is 19.5. The van der Waals surface area contributed by atoms with E-state index in [1.165, 1.54) is 32.4 Å². The molecule has 182 valence electrons. The number of nitrogens with zero attached hydrogens (tertiary/aromatic N) is 1. The van der Waals surface area contributed by atoms with E-state index in [4.69, 9.17) is 13.9 Å². The number of ketones is 1. The number of hydrogen-bond donors (Lipinski definition) is 0. The molecule has 10 heteroatoms. The first-order valence-corrected chi connectivity index (χ1v) is 11.7. The molecule has 9 nitrogen and oxygen atoms in total. The number of aryl methyl sites for hydroxylation is 2. The third kappa shape index (κ3) is 6.11. The summed E-state index contributed by atoms with van der Waals surface area (Å²) in [5, 5.41) is 0.529. The molecule has 0 spiro atoms. The molecule has 0 aliphatic rings. The van der Waals surface area contributed by atoms with Crippen molar-refractivity contribution in [2.24, 2.45) is 7.05 Å². The van der Waals surface area contributed by atoms with Gasteiger partial charge in [-0.15, -0.1) is 0 Å². The van der Waals surface area contributed by atoms with Crippen molar-refractivity contribution in [2.45, 2.75) is 11.8 Å². The lowest BCUT2D eigenvalue weighted by atomic mass is 10.0. The monoisotopic (exact) mass is 497 g/mol. The number of carbonyl (C=O) groups excluding carboxylic acids is 1. The molecule has 0 atom stereocenters. The smallest absolute Gasteiger partial charge is 0.347 e. The van der Waals surface area contributed by atoms with Gasteiger partial charge in [-0.1, -0.05) is 17.7 Å². The van der Waals surface area contributed by atoms with Crippen LogP contribution in [-0.4, -0.2) is 33.0 Å². The summed E-state index contributed by atoms with van der Waals surface area (Å²) in [5.74, 6) is 0.553. The highest BCUT2D eigenvalue weighted by molar-refractivity contribution is 7.85. The Bertz CT molecular complexity index is 1540. The molecule has 0 aliphatic heterocycles. The van der Waals surface area contributed by atoms with E-state index in [9.17, 15) is 22.6 Å². The van der Waals surface area contributed by atoms with Crippen molar-refractivity contribution in [2.75, 3.05) is 14.2 Å². The molecule has 0 unspecified atom stereocenters. The summed E-state index contributed by atoms with van der Waals surface area (Å²) >= 11 is 0. The Morgan fingerprint density at radius 1 is 1.03 bits per heavy atom. The summed E-state index contributed by atoms with van der Waals surface area (Å²) in [4.78, 5) is 24.7. The second kappa shape index (κ2) is 10.5. The van der Waals surface area contributed by atoms with E-state index in [0.29, 0.717) is 28.0 Å².